The Labute approximate surface area is 110 Å². The van der Waals surface area contributed by atoms with E-state index in [1.165, 1.54) is 25.7 Å². The second kappa shape index (κ2) is 5.96. The Balaban J connectivity index is 2.04. The molecule has 1 aliphatic carbocycles. The summed E-state index contributed by atoms with van der Waals surface area (Å²) in [5.41, 5.74) is 0. The molecule has 3 nitrogen and oxygen atoms in total. The van der Waals surface area contributed by atoms with Crippen LogP contribution in [0.4, 0.5) is 5.13 Å². The van der Waals surface area contributed by atoms with E-state index >= 15 is 0 Å². The van der Waals surface area contributed by atoms with E-state index < -0.39 is 0 Å². The Morgan fingerprint density at radius 3 is 2.81 bits per heavy atom. The summed E-state index contributed by atoms with van der Waals surface area (Å²) in [4.78, 5) is 7.06. The zero-order chi connectivity index (χ0) is 11.4. The first-order valence-electron chi connectivity index (χ1n) is 6.00. The van der Waals surface area contributed by atoms with Crippen molar-refractivity contribution in [2.45, 2.75) is 45.1 Å². The molecular weight excluding hydrogens is 286 g/mol. The van der Waals surface area contributed by atoms with Gasteiger partial charge in [-0.15, -0.1) is 0 Å². The van der Waals surface area contributed by atoms with Crippen LogP contribution < -0.4 is 4.90 Å². The predicted molar refractivity (Wildman–Crippen MR) is 72.7 cm³/mol. The molecule has 0 radical (unpaired) electrons. The van der Waals surface area contributed by atoms with Gasteiger partial charge in [-0.1, -0.05) is 22.9 Å². The van der Waals surface area contributed by atoms with Crippen LogP contribution in [0.1, 0.15) is 38.4 Å². The van der Waals surface area contributed by atoms with Gasteiger partial charge in [0.2, 0.25) is 5.13 Å². The standard InChI is InChI=1S/C11H18BrN3S/c1-2-10-13-11(16-14-10)15(8-4-7-12)9-5-3-6-9/h9H,2-8H2,1H3. The summed E-state index contributed by atoms with van der Waals surface area (Å²) in [5.74, 6) is 0.989. The van der Waals surface area contributed by atoms with E-state index in [0.717, 1.165) is 35.3 Å². The fraction of sp³-hybridized carbons (Fsp3) is 0.818. The summed E-state index contributed by atoms with van der Waals surface area (Å²) in [7, 11) is 0. The molecule has 1 aromatic rings. The Morgan fingerprint density at radius 2 is 2.31 bits per heavy atom. The fourth-order valence-corrected chi connectivity index (χ4v) is 2.97. The highest BCUT2D eigenvalue weighted by Gasteiger charge is 2.26. The van der Waals surface area contributed by atoms with Gasteiger partial charge in [0.25, 0.3) is 0 Å². The smallest absolute Gasteiger partial charge is 0.205 e. The molecule has 0 amide bonds. The van der Waals surface area contributed by atoms with Crippen LogP contribution in [0.15, 0.2) is 0 Å². The number of nitrogens with zero attached hydrogens (tertiary/aromatic N) is 3. The van der Waals surface area contributed by atoms with E-state index in [0.29, 0.717) is 0 Å². The first-order chi connectivity index (χ1) is 7.85. The number of hydrogen-bond donors (Lipinski definition) is 0. The lowest BCUT2D eigenvalue weighted by Gasteiger charge is -2.37. The zero-order valence-corrected chi connectivity index (χ0v) is 12.1. The zero-order valence-electron chi connectivity index (χ0n) is 9.65. The minimum absolute atomic E-state index is 0.719. The molecule has 5 heteroatoms. The normalized spacial score (nSPS) is 16.1. The van der Waals surface area contributed by atoms with Crippen LogP contribution in [-0.4, -0.2) is 27.3 Å². The summed E-state index contributed by atoms with van der Waals surface area (Å²) < 4.78 is 4.38. The van der Waals surface area contributed by atoms with Crippen LogP contribution >= 0.6 is 27.5 Å². The molecule has 0 bridgehead atoms. The maximum Gasteiger partial charge on any atom is 0.205 e. The van der Waals surface area contributed by atoms with E-state index in [9.17, 15) is 0 Å². The minimum atomic E-state index is 0.719. The van der Waals surface area contributed by atoms with Gasteiger partial charge in [-0.2, -0.15) is 4.37 Å². The number of anilines is 1. The molecular formula is C11H18BrN3S. The van der Waals surface area contributed by atoms with Gasteiger partial charge in [0, 0.05) is 35.9 Å². The molecule has 1 aromatic heterocycles. The molecule has 0 atom stereocenters. The molecule has 0 aliphatic heterocycles. The highest BCUT2D eigenvalue weighted by atomic mass is 79.9. The second-order valence-electron chi connectivity index (χ2n) is 4.17. The van der Waals surface area contributed by atoms with E-state index in [-0.39, 0.29) is 0 Å². The molecule has 16 heavy (non-hydrogen) atoms. The Kier molecular flexibility index (Phi) is 4.58. The molecule has 1 aliphatic rings. The molecule has 1 saturated carbocycles. The minimum Gasteiger partial charge on any atom is -0.344 e. The first kappa shape index (κ1) is 12.3. The highest BCUT2D eigenvalue weighted by molar-refractivity contribution is 9.09. The summed E-state index contributed by atoms with van der Waals surface area (Å²) in [6.07, 6.45) is 6.13. The molecule has 0 aromatic carbocycles. The predicted octanol–water partition coefficient (Wildman–Crippen LogP) is 3.24. The van der Waals surface area contributed by atoms with Gasteiger partial charge < -0.3 is 4.90 Å². The van der Waals surface area contributed by atoms with Crippen molar-refractivity contribution in [3.05, 3.63) is 5.82 Å². The lowest BCUT2D eigenvalue weighted by molar-refractivity contribution is 0.386. The van der Waals surface area contributed by atoms with Gasteiger partial charge in [-0.05, 0) is 25.7 Å². The highest BCUT2D eigenvalue weighted by Crippen LogP contribution is 2.30. The van der Waals surface area contributed by atoms with Crippen LogP contribution in [0, 0.1) is 0 Å². The Bertz CT molecular complexity index is 325. The second-order valence-corrected chi connectivity index (χ2v) is 5.69. The van der Waals surface area contributed by atoms with Crippen molar-refractivity contribution in [2.24, 2.45) is 0 Å². The van der Waals surface area contributed by atoms with Gasteiger partial charge >= 0.3 is 0 Å². The third-order valence-electron chi connectivity index (χ3n) is 3.07. The maximum atomic E-state index is 4.60. The quantitative estimate of drug-likeness (QED) is 0.756. The number of alkyl halides is 1. The number of hydrogen-bond acceptors (Lipinski definition) is 4. The van der Waals surface area contributed by atoms with Crippen LogP contribution in [0.5, 0.6) is 0 Å². The van der Waals surface area contributed by atoms with Crippen LogP contribution in [0.2, 0.25) is 0 Å². The molecule has 2 rings (SSSR count). The van der Waals surface area contributed by atoms with Gasteiger partial charge in [0.1, 0.15) is 5.82 Å². The topological polar surface area (TPSA) is 29.0 Å². The van der Waals surface area contributed by atoms with Crippen LogP contribution in [0.3, 0.4) is 0 Å². The molecule has 1 fully saturated rings. The lowest BCUT2D eigenvalue weighted by atomic mass is 9.92. The van der Waals surface area contributed by atoms with Gasteiger partial charge in [0.15, 0.2) is 0 Å². The van der Waals surface area contributed by atoms with Crippen molar-refractivity contribution in [3.63, 3.8) is 0 Å². The van der Waals surface area contributed by atoms with E-state index in [2.05, 4.69) is 37.1 Å². The monoisotopic (exact) mass is 303 g/mol. The van der Waals surface area contributed by atoms with Gasteiger partial charge in [-0.25, -0.2) is 4.98 Å². The van der Waals surface area contributed by atoms with Crippen molar-refractivity contribution in [3.8, 4) is 0 Å². The van der Waals surface area contributed by atoms with E-state index in [4.69, 9.17) is 0 Å². The molecule has 0 spiro atoms. The summed E-state index contributed by atoms with van der Waals surface area (Å²) in [5, 5.41) is 2.19. The van der Waals surface area contributed by atoms with Crippen molar-refractivity contribution in [1.29, 1.82) is 0 Å². The number of rotatable bonds is 6. The Hall–Kier alpha value is -0.160. The number of aryl methyl sites for hydroxylation is 1. The van der Waals surface area contributed by atoms with Crippen LogP contribution in [-0.2, 0) is 6.42 Å². The summed E-state index contributed by atoms with van der Waals surface area (Å²) in [6.45, 7) is 3.21. The van der Waals surface area contributed by atoms with Crippen molar-refractivity contribution in [2.75, 3.05) is 16.8 Å². The fourth-order valence-electron chi connectivity index (χ4n) is 1.87. The summed E-state index contributed by atoms with van der Waals surface area (Å²) >= 11 is 5.06. The van der Waals surface area contributed by atoms with Gasteiger partial charge in [0.05, 0.1) is 0 Å². The van der Waals surface area contributed by atoms with E-state index in [1.54, 1.807) is 11.5 Å². The van der Waals surface area contributed by atoms with Crippen molar-refractivity contribution >= 4 is 32.6 Å². The summed E-state index contributed by atoms with van der Waals surface area (Å²) in [6, 6.07) is 0.719. The Morgan fingerprint density at radius 1 is 1.50 bits per heavy atom. The third kappa shape index (κ3) is 2.74. The SMILES string of the molecule is CCc1nsc(N(CCCBr)C2CCC2)n1. The molecule has 1 heterocycles. The molecule has 0 N–H and O–H groups in total. The number of aromatic nitrogens is 2. The van der Waals surface area contributed by atoms with Crippen molar-refractivity contribution < 1.29 is 0 Å². The van der Waals surface area contributed by atoms with Gasteiger partial charge in [-0.3, -0.25) is 0 Å². The molecule has 90 valence electrons. The molecule has 0 unspecified atom stereocenters. The van der Waals surface area contributed by atoms with E-state index in [1.807, 2.05) is 0 Å². The largest absolute Gasteiger partial charge is 0.344 e. The first-order valence-corrected chi connectivity index (χ1v) is 7.89. The maximum absolute atomic E-state index is 4.60. The molecule has 0 saturated heterocycles. The third-order valence-corrected chi connectivity index (χ3v) is 4.42. The average Bonchev–Trinajstić information content (AvgIpc) is 2.69. The average molecular weight is 304 g/mol. The van der Waals surface area contributed by atoms with Crippen molar-refractivity contribution in [1.82, 2.24) is 9.36 Å². The van der Waals surface area contributed by atoms with Crippen LogP contribution in [0.25, 0.3) is 0 Å². The lowest BCUT2D eigenvalue weighted by Crippen LogP contribution is -2.41. The number of halogens is 1.